The molecule has 1 aliphatic rings. The topological polar surface area (TPSA) is 9.23 Å². The molecule has 0 unspecified atom stereocenters. The van der Waals surface area contributed by atoms with E-state index in [2.05, 4.69) is 12.9 Å². The predicted octanol–water partition coefficient (Wildman–Crippen LogP) is 3.73. The molecule has 0 aromatic rings. The highest BCUT2D eigenvalue weighted by Crippen LogP contribution is 2.52. The Morgan fingerprint density at radius 3 is 2.60 bits per heavy atom. The van der Waals surface area contributed by atoms with E-state index >= 15 is 0 Å². The van der Waals surface area contributed by atoms with Gasteiger partial charge in [0.05, 0.1) is 13.4 Å². The number of ether oxygens (including phenoxy) is 1. The van der Waals surface area contributed by atoms with Crippen LogP contribution in [0.2, 0.25) is 0 Å². The number of hydrogen-bond donors (Lipinski definition) is 0. The van der Waals surface area contributed by atoms with Crippen LogP contribution >= 0.6 is 6.89 Å². The van der Waals surface area contributed by atoms with Gasteiger partial charge in [-0.3, -0.25) is 0 Å². The van der Waals surface area contributed by atoms with E-state index in [0.29, 0.717) is 0 Å². The van der Waals surface area contributed by atoms with Gasteiger partial charge < -0.3 is 4.74 Å². The van der Waals surface area contributed by atoms with Crippen LogP contribution in [0.3, 0.4) is 0 Å². The molecule has 1 aliphatic heterocycles. The number of allylic oxidation sites excluding steroid dienone is 2. The first-order chi connectivity index (χ1) is 7.20. The van der Waals surface area contributed by atoms with Crippen LogP contribution in [0.1, 0.15) is 25.7 Å². The Morgan fingerprint density at radius 2 is 2.07 bits per heavy atom. The fraction of sp³-hybridized carbons (Fsp3) is 0.615. The lowest BCUT2D eigenvalue weighted by molar-refractivity contribution is 0.332. The molecule has 1 nitrogen and oxygen atoms in total. The van der Waals surface area contributed by atoms with Gasteiger partial charge in [0.15, 0.2) is 0 Å². The van der Waals surface area contributed by atoms with Crippen molar-refractivity contribution < 1.29 is 4.74 Å². The van der Waals surface area contributed by atoms with Crippen molar-refractivity contribution in [1.82, 2.24) is 0 Å². The molecule has 0 N–H and O–H groups in total. The second-order valence-electron chi connectivity index (χ2n) is 4.47. The molecule has 0 aromatic carbocycles. The summed E-state index contributed by atoms with van der Waals surface area (Å²) in [6, 6.07) is 0. The average Bonchev–Trinajstić information content (AvgIpc) is 2.63. The molecule has 1 fully saturated rings. The molecule has 0 spiro atoms. The summed E-state index contributed by atoms with van der Waals surface area (Å²) in [5, 5.41) is 0. The first-order valence-corrected chi connectivity index (χ1v) is 8.25. The first-order valence-electron chi connectivity index (χ1n) is 5.72. The van der Waals surface area contributed by atoms with Crippen molar-refractivity contribution in [2.24, 2.45) is 0 Å². The minimum absolute atomic E-state index is 0.802. The maximum Gasteiger partial charge on any atom is 0.0819 e. The number of methoxy groups -OCH3 is 1. The van der Waals surface area contributed by atoms with Gasteiger partial charge in [0.2, 0.25) is 0 Å². The molecule has 1 heterocycles. The predicted molar refractivity (Wildman–Crippen MR) is 72.4 cm³/mol. The Hall–Kier alpha value is -0.420. The molecule has 0 radical (unpaired) electrons. The lowest BCUT2D eigenvalue weighted by atomic mass is 10.1. The fourth-order valence-corrected chi connectivity index (χ4v) is 5.39. The molecule has 15 heavy (non-hydrogen) atoms. The van der Waals surface area contributed by atoms with Gasteiger partial charge in [-0.15, -0.1) is 19.8 Å². The second kappa shape index (κ2) is 6.23. The molecule has 2 heteroatoms. The maximum atomic E-state index is 5.09. The van der Waals surface area contributed by atoms with Crippen LogP contribution in [-0.4, -0.2) is 31.9 Å². The highest BCUT2D eigenvalue weighted by molar-refractivity contribution is 7.74. The zero-order chi connectivity index (χ0) is 11.1. The molecule has 0 bridgehead atoms. The molecule has 0 atom stereocenters. The van der Waals surface area contributed by atoms with E-state index < -0.39 is 6.89 Å². The lowest BCUT2D eigenvalue weighted by Crippen LogP contribution is -1.95. The van der Waals surface area contributed by atoms with Crippen molar-refractivity contribution in [3.63, 3.8) is 0 Å². The van der Waals surface area contributed by atoms with E-state index in [0.717, 1.165) is 12.8 Å². The van der Waals surface area contributed by atoms with Crippen molar-refractivity contribution in [3.8, 4) is 0 Å². The summed E-state index contributed by atoms with van der Waals surface area (Å²) >= 11 is 0. The van der Waals surface area contributed by atoms with Crippen LogP contribution in [0.15, 0.2) is 24.5 Å². The van der Waals surface area contributed by atoms with Crippen molar-refractivity contribution in [2.75, 3.05) is 25.6 Å². The van der Waals surface area contributed by atoms with Crippen LogP contribution in [0.5, 0.6) is 0 Å². The van der Waals surface area contributed by atoms with Crippen molar-refractivity contribution in [1.29, 1.82) is 0 Å². The number of hydrogen-bond acceptors (Lipinski definition) is 1. The van der Waals surface area contributed by atoms with Gasteiger partial charge in [0, 0.05) is 0 Å². The summed E-state index contributed by atoms with van der Waals surface area (Å²) in [6.45, 7) is 2.97. The summed E-state index contributed by atoms with van der Waals surface area (Å²) in [7, 11) is 1.72. The van der Waals surface area contributed by atoms with E-state index in [1.165, 1.54) is 36.9 Å². The average molecular weight is 226 g/mol. The monoisotopic (exact) mass is 226 g/mol. The molecule has 1 rings (SSSR count). The van der Waals surface area contributed by atoms with Gasteiger partial charge in [-0.2, -0.15) is 0 Å². The largest absolute Gasteiger partial charge is 0.504 e. The summed E-state index contributed by atoms with van der Waals surface area (Å²) in [4.78, 5) is 0. The van der Waals surface area contributed by atoms with Crippen LogP contribution in [-0.2, 0) is 4.74 Å². The Kier molecular flexibility index (Phi) is 5.25. The van der Waals surface area contributed by atoms with Crippen molar-refractivity contribution >= 4 is 13.2 Å². The zero-order valence-electron chi connectivity index (χ0n) is 9.87. The SMILES string of the molecule is C=CC/C(=C\OC)CCP1(=C)CCCC1. The molecule has 86 valence electrons. The standard InChI is InChI=1S/C13H23OP/c1-4-7-13(12-14-2)8-11-15(3)9-5-6-10-15/h4,12H,1,3,5-11H2,2H3/b13-12+. The third-order valence-corrected chi connectivity index (χ3v) is 6.82. The van der Waals surface area contributed by atoms with Gasteiger partial charge in [0.1, 0.15) is 0 Å². The van der Waals surface area contributed by atoms with Gasteiger partial charge in [-0.25, -0.2) is 0 Å². The Balaban J connectivity index is 2.42. The minimum Gasteiger partial charge on any atom is -0.504 e. The van der Waals surface area contributed by atoms with Crippen molar-refractivity contribution in [2.45, 2.75) is 25.7 Å². The Morgan fingerprint density at radius 1 is 1.40 bits per heavy atom. The minimum atomic E-state index is -0.802. The lowest BCUT2D eigenvalue weighted by Gasteiger charge is -2.17. The molecule has 0 aliphatic carbocycles. The summed E-state index contributed by atoms with van der Waals surface area (Å²) in [5.41, 5.74) is 1.36. The highest BCUT2D eigenvalue weighted by Gasteiger charge is 2.19. The normalized spacial score (nSPS) is 20.2. The van der Waals surface area contributed by atoms with Crippen LogP contribution < -0.4 is 0 Å². The third-order valence-electron chi connectivity index (χ3n) is 3.11. The third kappa shape index (κ3) is 4.30. The first kappa shape index (κ1) is 12.6. The van der Waals surface area contributed by atoms with Gasteiger partial charge in [-0.1, -0.05) is 6.08 Å². The van der Waals surface area contributed by atoms with E-state index in [1.807, 2.05) is 12.3 Å². The zero-order valence-corrected chi connectivity index (χ0v) is 10.8. The molecule has 1 saturated heterocycles. The van der Waals surface area contributed by atoms with Gasteiger partial charge in [-0.05, 0) is 49.7 Å². The Bertz CT molecular complexity index is 268. The quantitative estimate of drug-likeness (QED) is 0.381. The van der Waals surface area contributed by atoms with Crippen LogP contribution in [0, 0.1) is 0 Å². The molecular weight excluding hydrogens is 203 g/mol. The maximum absolute atomic E-state index is 5.09. The number of rotatable bonds is 6. The molecule has 0 aromatic heterocycles. The summed E-state index contributed by atoms with van der Waals surface area (Å²) in [5.74, 6) is 0. The van der Waals surface area contributed by atoms with Gasteiger partial charge >= 0.3 is 0 Å². The molecule has 0 amide bonds. The second-order valence-corrected chi connectivity index (χ2v) is 8.50. The van der Waals surface area contributed by atoms with Crippen LogP contribution in [0.4, 0.5) is 0 Å². The fourth-order valence-electron chi connectivity index (χ4n) is 2.17. The smallest absolute Gasteiger partial charge is 0.0819 e. The Labute approximate surface area is 94.2 Å². The van der Waals surface area contributed by atoms with Crippen molar-refractivity contribution in [3.05, 3.63) is 24.5 Å². The molecule has 0 saturated carbocycles. The summed E-state index contributed by atoms with van der Waals surface area (Å²) in [6.07, 6.45) is 17.3. The van der Waals surface area contributed by atoms with E-state index in [-0.39, 0.29) is 0 Å². The van der Waals surface area contributed by atoms with Gasteiger partial charge in [0.25, 0.3) is 0 Å². The molecular formula is C13H23OP. The highest BCUT2D eigenvalue weighted by atomic mass is 31.2. The van der Waals surface area contributed by atoms with E-state index in [4.69, 9.17) is 4.74 Å². The summed E-state index contributed by atoms with van der Waals surface area (Å²) < 4.78 is 5.09. The van der Waals surface area contributed by atoms with E-state index in [9.17, 15) is 0 Å². The van der Waals surface area contributed by atoms with E-state index in [1.54, 1.807) is 7.11 Å². The van der Waals surface area contributed by atoms with Crippen LogP contribution in [0.25, 0.3) is 0 Å².